The monoisotopic (exact) mass is 325 g/mol. The van der Waals surface area contributed by atoms with Gasteiger partial charge in [-0.05, 0) is 43.0 Å². The van der Waals surface area contributed by atoms with E-state index in [2.05, 4.69) is 18.3 Å². The summed E-state index contributed by atoms with van der Waals surface area (Å²) in [4.78, 5) is 0. The van der Waals surface area contributed by atoms with Crippen molar-refractivity contribution in [1.29, 1.82) is 0 Å². The Kier molecular flexibility index (Phi) is 3.85. The quantitative estimate of drug-likeness (QED) is 0.875. The standard InChI is InChI=1S/C20H23NO3/c1-14(16-6-4-5-15(11-16)13-22)21-17-7-8-18-19(12-17)24-20(23-18)9-2-3-10-20/h4-8,11-12,14,21-22H,2-3,9-10,13H2,1H3. The minimum absolute atomic E-state index is 0.0622. The van der Waals surface area contributed by atoms with Crippen LogP contribution in [-0.4, -0.2) is 10.9 Å². The maximum absolute atomic E-state index is 9.29. The topological polar surface area (TPSA) is 50.7 Å². The predicted octanol–water partition coefficient (Wildman–Crippen LogP) is 4.39. The number of aliphatic hydroxyl groups excluding tert-OH is 1. The van der Waals surface area contributed by atoms with Crippen molar-refractivity contribution in [2.45, 2.75) is 51.0 Å². The van der Waals surface area contributed by atoms with E-state index >= 15 is 0 Å². The van der Waals surface area contributed by atoms with Gasteiger partial charge in [-0.2, -0.15) is 0 Å². The van der Waals surface area contributed by atoms with Crippen molar-refractivity contribution in [1.82, 2.24) is 0 Å². The fourth-order valence-electron chi connectivity index (χ4n) is 3.60. The Morgan fingerprint density at radius 1 is 1.08 bits per heavy atom. The van der Waals surface area contributed by atoms with Crippen molar-refractivity contribution >= 4 is 5.69 Å². The zero-order valence-electron chi connectivity index (χ0n) is 13.9. The summed E-state index contributed by atoms with van der Waals surface area (Å²) < 4.78 is 12.2. The zero-order valence-corrected chi connectivity index (χ0v) is 13.9. The van der Waals surface area contributed by atoms with Crippen LogP contribution in [0.2, 0.25) is 0 Å². The van der Waals surface area contributed by atoms with E-state index in [0.717, 1.165) is 54.0 Å². The van der Waals surface area contributed by atoms with Gasteiger partial charge in [0.15, 0.2) is 11.5 Å². The molecule has 0 aromatic heterocycles. The molecule has 4 nitrogen and oxygen atoms in total. The first-order valence-electron chi connectivity index (χ1n) is 8.66. The van der Waals surface area contributed by atoms with E-state index in [9.17, 15) is 5.11 Å². The molecule has 1 heterocycles. The fourth-order valence-corrected chi connectivity index (χ4v) is 3.60. The highest BCUT2D eigenvalue weighted by atomic mass is 16.7. The van der Waals surface area contributed by atoms with Gasteiger partial charge in [0.25, 0.3) is 5.79 Å². The zero-order chi connectivity index (χ0) is 16.6. The predicted molar refractivity (Wildman–Crippen MR) is 93.3 cm³/mol. The molecule has 2 N–H and O–H groups in total. The number of benzene rings is 2. The first-order valence-corrected chi connectivity index (χ1v) is 8.66. The molecule has 1 saturated carbocycles. The van der Waals surface area contributed by atoms with Gasteiger partial charge in [0.05, 0.1) is 6.61 Å². The van der Waals surface area contributed by atoms with Crippen LogP contribution in [0.15, 0.2) is 42.5 Å². The van der Waals surface area contributed by atoms with Gasteiger partial charge in [-0.25, -0.2) is 0 Å². The first-order chi connectivity index (χ1) is 11.7. The summed E-state index contributed by atoms with van der Waals surface area (Å²) in [5.41, 5.74) is 3.08. The van der Waals surface area contributed by atoms with Gasteiger partial charge in [0.2, 0.25) is 0 Å². The number of hydrogen-bond acceptors (Lipinski definition) is 4. The molecule has 4 heteroatoms. The van der Waals surface area contributed by atoms with E-state index < -0.39 is 5.79 Å². The maximum Gasteiger partial charge on any atom is 0.251 e. The SMILES string of the molecule is CC(Nc1ccc2c(c1)OC1(CCCC1)O2)c1cccc(CO)c1. The first kappa shape index (κ1) is 15.3. The van der Waals surface area contributed by atoms with E-state index in [1.54, 1.807) is 0 Å². The van der Waals surface area contributed by atoms with Crippen molar-refractivity contribution in [2.75, 3.05) is 5.32 Å². The number of aliphatic hydroxyl groups is 1. The summed E-state index contributed by atoms with van der Waals surface area (Å²) in [6.45, 7) is 2.17. The van der Waals surface area contributed by atoms with Crippen molar-refractivity contribution in [2.24, 2.45) is 0 Å². The molecular formula is C20H23NO3. The summed E-state index contributed by atoms with van der Waals surface area (Å²) in [6.07, 6.45) is 4.26. The maximum atomic E-state index is 9.29. The summed E-state index contributed by atoms with van der Waals surface area (Å²) in [5, 5.41) is 12.8. The molecule has 24 heavy (non-hydrogen) atoms. The second kappa shape index (κ2) is 6.02. The number of rotatable bonds is 4. The van der Waals surface area contributed by atoms with Gasteiger partial charge in [-0.3, -0.25) is 0 Å². The van der Waals surface area contributed by atoms with Gasteiger partial charge in [-0.1, -0.05) is 24.3 Å². The van der Waals surface area contributed by atoms with Gasteiger partial charge >= 0.3 is 0 Å². The largest absolute Gasteiger partial charge is 0.448 e. The minimum Gasteiger partial charge on any atom is -0.448 e. The van der Waals surface area contributed by atoms with E-state index in [1.807, 2.05) is 36.4 Å². The van der Waals surface area contributed by atoms with Crippen LogP contribution in [0.25, 0.3) is 0 Å². The highest BCUT2D eigenvalue weighted by Crippen LogP contribution is 2.47. The highest BCUT2D eigenvalue weighted by Gasteiger charge is 2.44. The third-order valence-corrected chi connectivity index (χ3v) is 4.92. The molecule has 126 valence electrons. The second-order valence-electron chi connectivity index (χ2n) is 6.75. The molecular weight excluding hydrogens is 302 g/mol. The van der Waals surface area contributed by atoms with Crippen LogP contribution in [0.3, 0.4) is 0 Å². The molecule has 2 aromatic rings. The molecule has 0 saturated heterocycles. The lowest BCUT2D eigenvalue weighted by Crippen LogP contribution is -2.34. The Labute approximate surface area is 142 Å². The molecule has 2 aliphatic rings. The van der Waals surface area contributed by atoms with Gasteiger partial charge in [0, 0.05) is 30.6 Å². The average Bonchev–Trinajstić information content (AvgIpc) is 3.20. The average molecular weight is 325 g/mol. The Morgan fingerprint density at radius 2 is 1.88 bits per heavy atom. The molecule has 0 amide bonds. The lowest BCUT2D eigenvalue weighted by Gasteiger charge is -2.21. The van der Waals surface area contributed by atoms with Gasteiger partial charge in [-0.15, -0.1) is 0 Å². The minimum atomic E-state index is -0.415. The lowest BCUT2D eigenvalue weighted by atomic mass is 10.1. The van der Waals surface area contributed by atoms with Gasteiger partial charge in [0.1, 0.15) is 0 Å². The van der Waals surface area contributed by atoms with Crippen LogP contribution in [0, 0.1) is 0 Å². The van der Waals surface area contributed by atoms with Gasteiger partial charge < -0.3 is 19.9 Å². The summed E-state index contributed by atoms with van der Waals surface area (Å²) in [5.74, 6) is 1.26. The highest BCUT2D eigenvalue weighted by molar-refractivity contribution is 5.57. The second-order valence-corrected chi connectivity index (χ2v) is 6.75. The van der Waals surface area contributed by atoms with Crippen LogP contribution in [0.1, 0.15) is 49.8 Å². The van der Waals surface area contributed by atoms with Crippen molar-refractivity contribution in [3.05, 3.63) is 53.6 Å². The molecule has 1 atom stereocenters. The number of hydrogen-bond donors (Lipinski definition) is 2. The molecule has 1 unspecified atom stereocenters. The summed E-state index contributed by atoms with van der Waals surface area (Å²) in [7, 11) is 0. The number of ether oxygens (including phenoxy) is 2. The van der Waals surface area contributed by atoms with E-state index in [1.165, 1.54) is 0 Å². The molecule has 4 rings (SSSR count). The number of fused-ring (bicyclic) bond motifs is 1. The summed E-state index contributed by atoms with van der Waals surface area (Å²) >= 11 is 0. The van der Waals surface area contributed by atoms with Crippen LogP contribution >= 0.6 is 0 Å². The molecule has 0 radical (unpaired) electrons. The van der Waals surface area contributed by atoms with Crippen LogP contribution in [0.5, 0.6) is 11.5 Å². The number of anilines is 1. The molecule has 2 aromatic carbocycles. The smallest absolute Gasteiger partial charge is 0.251 e. The van der Waals surface area contributed by atoms with Crippen LogP contribution in [-0.2, 0) is 6.61 Å². The van der Waals surface area contributed by atoms with Crippen molar-refractivity contribution in [3.63, 3.8) is 0 Å². The Morgan fingerprint density at radius 3 is 2.67 bits per heavy atom. The third kappa shape index (κ3) is 2.82. The van der Waals surface area contributed by atoms with Crippen molar-refractivity contribution < 1.29 is 14.6 Å². The molecule has 1 aliphatic heterocycles. The molecule has 1 spiro atoms. The Bertz CT molecular complexity index is 737. The normalized spacial score (nSPS) is 18.8. The Balaban J connectivity index is 1.50. The molecule has 1 aliphatic carbocycles. The van der Waals surface area contributed by atoms with Crippen molar-refractivity contribution in [3.8, 4) is 11.5 Å². The van der Waals surface area contributed by atoms with E-state index in [0.29, 0.717) is 0 Å². The number of nitrogens with one attached hydrogen (secondary N) is 1. The Hall–Kier alpha value is -2.20. The molecule has 1 fully saturated rings. The lowest BCUT2D eigenvalue weighted by molar-refractivity contribution is -0.0716. The van der Waals surface area contributed by atoms with E-state index in [4.69, 9.17) is 9.47 Å². The molecule has 0 bridgehead atoms. The van der Waals surface area contributed by atoms with Crippen LogP contribution in [0.4, 0.5) is 5.69 Å². The third-order valence-electron chi connectivity index (χ3n) is 4.92. The summed E-state index contributed by atoms with van der Waals surface area (Å²) in [6, 6.07) is 14.2. The van der Waals surface area contributed by atoms with E-state index in [-0.39, 0.29) is 12.6 Å². The van der Waals surface area contributed by atoms with Crippen LogP contribution < -0.4 is 14.8 Å². The fraction of sp³-hybridized carbons (Fsp3) is 0.400.